The maximum atomic E-state index is 4.42. The third-order valence-electron chi connectivity index (χ3n) is 3.51. The summed E-state index contributed by atoms with van der Waals surface area (Å²) in [4.78, 5) is 8.58. The molecular formula is C15H17N5. The summed E-state index contributed by atoms with van der Waals surface area (Å²) >= 11 is 0. The zero-order valence-corrected chi connectivity index (χ0v) is 11.9. The van der Waals surface area contributed by atoms with Crippen molar-refractivity contribution in [2.75, 3.05) is 5.32 Å². The largest absolute Gasteiger partial charge is 0.340 e. The number of hydrogen-bond acceptors (Lipinski definition) is 4. The van der Waals surface area contributed by atoms with E-state index in [0.717, 1.165) is 29.2 Å². The maximum Gasteiger partial charge on any atom is 0.254 e. The van der Waals surface area contributed by atoms with Gasteiger partial charge < -0.3 is 5.32 Å². The summed E-state index contributed by atoms with van der Waals surface area (Å²) in [6.07, 6.45) is 2.54. The molecule has 0 aliphatic carbocycles. The minimum atomic E-state index is 0.613. The highest BCUT2D eigenvalue weighted by atomic mass is 15.4. The smallest absolute Gasteiger partial charge is 0.254 e. The summed E-state index contributed by atoms with van der Waals surface area (Å²) < 4.78 is 1.74. The van der Waals surface area contributed by atoms with E-state index >= 15 is 0 Å². The Labute approximate surface area is 117 Å². The average Bonchev–Trinajstić information content (AvgIpc) is 2.92. The standard InChI is InChI=1S/C15H17N5/c1-4-12-6-5-7-13(8-12)19-14-10(2)11(3)18-15-16-9-17-20(14)15/h5-9,19H,4H2,1-3H3. The number of fused-ring (bicyclic) bond motifs is 1. The van der Waals surface area contributed by atoms with E-state index in [1.807, 2.05) is 13.8 Å². The van der Waals surface area contributed by atoms with Gasteiger partial charge in [-0.25, -0.2) is 4.98 Å². The Hall–Kier alpha value is -2.43. The lowest BCUT2D eigenvalue weighted by Gasteiger charge is -2.13. The molecule has 0 bridgehead atoms. The highest BCUT2D eigenvalue weighted by molar-refractivity contribution is 5.62. The van der Waals surface area contributed by atoms with Crippen LogP contribution in [0.3, 0.4) is 0 Å². The second kappa shape index (κ2) is 4.92. The van der Waals surface area contributed by atoms with Crippen LogP contribution in [0.4, 0.5) is 11.5 Å². The van der Waals surface area contributed by atoms with Gasteiger partial charge in [-0.05, 0) is 38.0 Å². The molecule has 0 aliphatic rings. The molecule has 0 spiro atoms. The lowest BCUT2D eigenvalue weighted by atomic mass is 10.1. The van der Waals surface area contributed by atoms with Gasteiger partial charge >= 0.3 is 0 Å². The fourth-order valence-corrected chi connectivity index (χ4v) is 2.19. The SMILES string of the molecule is CCc1cccc(Nc2c(C)c(C)nc3ncnn23)c1. The van der Waals surface area contributed by atoms with Crippen LogP contribution in [0.2, 0.25) is 0 Å². The summed E-state index contributed by atoms with van der Waals surface area (Å²) in [6.45, 7) is 6.17. The number of anilines is 2. The number of nitrogens with one attached hydrogen (secondary N) is 1. The fraction of sp³-hybridized carbons (Fsp3) is 0.267. The van der Waals surface area contributed by atoms with Gasteiger partial charge in [0.05, 0.1) is 0 Å². The van der Waals surface area contributed by atoms with E-state index in [2.05, 4.69) is 51.6 Å². The van der Waals surface area contributed by atoms with E-state index in [4.69, 9.17) is 0 Å². The van der Waals surface area contributed by atoms with Gasteiger partial charge in [0, 0.05) is 16.9 Å². The van der Waals surface area contributed by atoms with Gasteiger partial charge in [0.1, 0.15) is 12.1 Å². The first kappa shape index (κ1) is 12.6. The second-order valence-electron chi connectivity index (χ2n) is 4.82. The molecule has 1 N–H and O–H groups in total. The van der Waals surface area contributed by atoms with Crippen molar-refractivity contribution < 1.29 is 0 Å². The molecule has 3 aromatic rings. The molecule has 102 valence electrons. The predicted molar refractivity (Wildman–Crippen MR) is 79.4 cm³/mol. The summed E-state index contributed by atoms with van der Waals surface area (Å²) in [5, 5.41) is 7.68. The van der Waals surface area contributed by atoms with Crippen LogP contribution in [0.15, 0.2) is 30.6 Å². The minimum absolute atomic E-state index is 0.613. The quantitative estimate of drug-likeness (QED) is 0.792. The van der Waals surface area contributed by atoms with Gasteiger partial charge in [0.15, 0.2) is 0 Å². The lowest BCUT2D eigenvalue weighted by Crippen LogP contribution is -2.06. The summed E-state index contributed by atoms with van der Waals surface area (Å²) in [6, 6.07) is 8.39. The van der Waals surface area contributed by atoms with E-state index in [9.17, 15) is 0 Å². The summed E-state index contributed by atoms with van der Waals surface area (Å²) in [5.41, 5.74) is 4.38. The van der Waals surface area contributed by atoms with Crippen molar-refractivity contribution in [3.63, 3.8) is 0 Å². The van der Waals surface area contributed by atoms with Crippen molar-refractivity contribution >= 4 is 17.3 Å². The first-order valence-corrected chi connectivity index (χ1v) is 6.72. The number of aryl methyl sites for hydroxylation is 2. The van der Waals surface area contributed by atoms with Gasteiger partial charge in [0.2, 0.25) is 0 Å². The molecule has 2 heterocycles. The molecule has 0 aliphatic heterocycles. The Kier molecular flexibility index (Phi) is 3.10. The highest BCUT2D eigenvalue weighted by Gasteiger charge is 2.11. The van der Waals surface area contributed by atoms with Gasteiger partial charge in [-0.15, -0.1) is 0 Å². The molecule has 0 saturated carbocycles. The molecule has 0 saturated heterocycles. The van der Waals surface area contributed by atoms with Crippen LogP contribution < -0.4 is 5.32 Å². The van der Waals surface area contributed by atoms with Gasteiger partial charge in [0.25, 0.3) is 5.78 Å². The molecule has 0 unspecified atom stereocenters. The Balaban J connectivity index is 2.09. The van der Waals surface area contributed by atoms with Crippen molar-refractivity contribution in [3.8, 4) is 0 Å². The van der Waals surface area contributed by atoms with Crippen molar-refractivity contribution in [2.45, 2.75) is 27.2 Å². The normalized spacial score (nSPS) is 10.9. The molecular weight excluding hydrogens is 250 g/mol. The average molecular weight is 267 g/mol. The molecule has 0 amide bonds. The van der Waals surface area contributed by atoms with Crippen LogP contribution in [-0.2, 0) is 6.42 Å². The Morgan fingerprint density at radius 3 is 2.90 bits per heavy atom. The van der Waals surface area contributed by atoms with Crippen molar-refractivity contribution in [1.82, 2.24) is 19.6 Å². The third-order valence-corrected chi connectivity index (χ3v) is 3.51. The molecule has 5 nitrogen and oxygen atoms in total. The number of benzene rings is 1. The molecule has 20 heavy (non-hydrogen) atoms. The molecule has 3 rings (SSSR count). The van der Waals surface area contributed by atoms with Gasteiger partial charge in [-0.1, -0.05) is 19.1 Å². The minimum Gasteiger partial charge on any atom is -0.340 e. The molecule has 0 atom stereocenters. The van der Waals surface area contributed by atoms with E-state index in [1.54, 1.807) is 4.52 Å². The monoisotopic (exact) mass is 267 g/mol. The van der Waals surface area contributed by atoms with E-state index in [0.29, 0.717) is 5.78 Å². The zero-order valence-electron chi connectivity index (χ0n) is 11.9. The number of hydrogen-bond donors (Lipinski definition) is 1. The lowest BCUT2D eigenvalue weighted by molar-refractivity contribution is 0.923. The number of nitrogens with zero attached hydrogens (tertiary/aromatic N) is 4. The van der Waals surface area contributed by atoms with E-state index in [1.165, 1.54) is 11.9 Å². The molecule has 1 aromatic carbocycles. The Morgan fingerprint density at radius 1 is 1.25 bits per heavy atom. The number of aromatic nitrogens is 4. The first-order chi connectivity index (χ1) is 9.69. The maximum absolute atomic E-state index is 4.42. The summed E-state index contributed by atoms with van der Waals surface area (Å²) in [5.74, 6) is 1.53. The fourth-order valence-electron chi connectivity index (χ4n) is 2.19. The van der Waals surface area contributed by atoms with Gasteiger partial charge in [-0.2, -0.15) is 14.6 Å². The van der Waals surface area contributed by atoms with Crippen LogP contribution >= 0.6 is 0 Å². The molecule has 2 aromatic heterocycles. The Morgan fingerprint density at radius 2 is 2.10 bits per heavy atom. The topological polar surface area (TPSA) is 55.1 Å². The van der Waals surface area contributed by atoms with Gasteiger partial charge in [-0.3, -0.25) is 0 Å². The van der Waals surface area contributed by atoms with E-state index in [-0.39, 0.29) is 0 Å². The van der Waals surface area contributed by atoms with Crippen LogP contribution in [0.5, 0.6) is 0 Å². The Bertz CT molecular complexity index is 760. The van der Waals surface area contributed by atoms with Crippen LogP contribution in [0, 0.1) is 13.8 Å². The van der Waals surface area contributed by atoms with Crippen molar-refractivity contribution in [1.29, 1.82) is 0 Å². The van der Waals surface area contributed by atoms with E-state index < -0.39 is 0 Å². The third kappa shape index (κ3) is 2.11. The van der Waals surface area contributed by atoms with Crippen molar-refractivity contribution in [2.24, 2.45) is 0 Å². The second-order valence-corrected chi connectivity index (χ2v) is 4.82. The van der Waals surface area contributed by atoms with Crippen LogP contribution in [0.1, 0.15) is 23.7 Å². The van der Waals surface area contributed by atoms with Crippen molar-refractivity contribution in [3.05, 3.63) is 47.4 Å². The zero-order chi connectivity index (χ0) is 14.1. The highest BCUT2D eigenvalue weighted by Crippen LogP contribution is 2.23. The summed E-state index contributed by atoms with van der Waals surface area (Å²) in [7, 11) is 0. The first-order valence-electron chi connectivity index (χ1n) is 6.72. The molecule has 0 fully saturated rings. The molecule has 0 radical (unpaired) electrons. The molecule has 5 heteroatoms. The predicted octanol–water partition coefficient (Wildman–Crippen LogP) is 3.05. The van der Waals surface area contributed by atoms with Crippen LogP contribution in [0.25, 0.3) is 5.78 Å². The number of rotatable bonds is 3. The van der Waals surface area contributed by atoms with Crippen LogP contribution in [-0.4, -0.2) is 19.6 Å².